The first-order valence-corrected chi connectivity index (χ1v) is 10.2. The molecule has 1 amide bonds. The van der Waals surface area contributed by atoms with E-state index in [1.54, 1.807) is 5.38 Å². The van der Waals surface area contributed by atoms with Gasteiger partial charge in [0.05, 0.1) is 17.7 Å². The van der Waals surface area contributed by atoms with Crippen molar-refractivity contribution >= 4 is 28.9 Å². The zero-order valence-corrected chi connectivity index (χ0v) is 17.6. The number of thiazole rings is 1. The molecule has 7 nitrogen and oxygen atoms in total. The summed E-state index contributed by atoms with van der Waals surface area (Å²) >= 11 is 1.26. The lowest BCUT2D eigenvalue weighted by atomic mass is 10.2. The van der Waals surface area contributed by atoms with Crippen LogP contribution in [0.25, 0.3) is 0 Å². The summed E-state index contributed by atoms with van der Waals surface area (Å²) in [6.07, 6.45) is -3.33. The fourth-order valence-corrected chi connectivity index (χ4v) is 3.22. The summed E-state index contributed by atoms with van der Waals surface area (Å²) in [6, 6.07) is 9.81. The molecule has 0 spiro atoms. The van der Waals surface area contributed by atoms with Crippen LogP contribution in [-0.4, -0.2) is 34.6 Å². The highest BCUT2D eigenvalue weighted by Crippen LogP contribution is 2.18. The first kappa shape index (κ1) is 23.2. The van der Waals surface area contributed by atoms with E-state index in [1.807, 2.05) is 31.2 Å². The summed E-state index contributed by atoms with van der Waals surface area (Å²) in [5.74, 6) is -1.19. The van der Waals surface area contributed by atoms with E-state index < -0.39 is 18.8 Å². The first-order chi connectivity index (χ1) is 15.2. The number of nitrogens with one attached hydrogen (secondary N) is 1. The minimum atomic E-state index is -4.48. The van der Waals surface area contributed by atoms with Gasteiger partial charge in [-0.3, -0.25) is 4.79 Å². The second-order valence-corrected chi connectivity index (χ2v) is 7.63. The highest BCUT2D eigenvalue weighted by Gasteiger charge is 2.28. The van der Waals surface area contributed by atoms with Crippen molar-refractivity contribution in [2.75, 3.05) is 11.9 Å². The van der Waals surface area contributed by atoms with Crippen LogP contribution in [0.4, 0.5) is 18.9 Å². The molecule has 0 aliphatic heterocycles. The van der Waals surface area contributed by atoms with Crippen molar-refractivity contribution < 1.29 is 32.2 Å². The van der Waals surface area contributed by atoms with Crippen LogP contribution in [-0.2, 0) is 22.6 Å². The van der Waals surface area contributed by atoms with E-state index in [1.165, 1.54) is 17.4 Å². The molecule has 0 saturated heterocycles. The van der Waals surface area contributed by atoms with Gasteiger partial charge in [-0.05, 0) is 25.1 Å². The Bertz CT molecular complexity index is 1070. The monoisotopic (exact) mass is 465 g/mol. The fraction of sp³-hybridized carbons (Fsp3) is 0.238. The Balaban J connectivity index is 1.46. The van der Waals surface area contributed by atoms with Gasteiger partial charge >= 0.3 is 12.1 Å². The van der Waals surface area contributed by atoms with Crippen molar-refractivity contribution in [2.45, 2.75) is 26.1 Å². The molecule has 0 aliphatic carbocycles. The molecular formula is C21H18F3N3O4S. The minimum Gasteiger partial charge on any atom is -0.468 e. The van der Waals surface area contributed by atoms with Crippen LogP contribution >= 0.6 is 11.3 Å². The summed E-state index contributed by atoms with van der Waals surface area (Å²) in [4.78, 5) is 32.2. The molecule has 1 aromatic carbocycles. The molecule has 0 radical (unpaired) electrons. The third-order valence-corrected chi connectivity index (χ3v) is 4.85. The Morgan fingerprint density at radius 3 is 2.53 bits per heavy atom. The predicted octanol–water partition coefficient (Wildman–Crippen LogP) is 4.33. The molecule has 0 atom stereocenters. The van der Waals surface area contributed by atoms with Gasteiger partial charge < -0.3 is 14.8 Å². The quantitative estimate of drug-likeness (QED) is 0.498. The van der Waals surface area contributed by atoms with Crippen LogP contribution in [0.2, 0.25) is 0 Å². The van der Waals surface area contributed by atoms with Crippen LogP contribution in [0, 0.1) is 6.92 Å². The standard InChI is InChI=1S/C21H18F3N3O4S/c1-13-2-5-15(6-3-13)26-17(28)8-19-27-16(11-32-19)10-30-20(29)14-4-7-18(25-9-14)31-12-21(22,23)24/h2-7,9,11H,8,10,12H2,1H3,(H,26,28). The number of esters is 1. The number of aromatic nitrogens is 2. The maximum atomic E-state index is 12.1. The molecule has 0 bridgehead atoms. The maximum absolute atomic E-state index is 12.1. The number of aryl methyl sites for hydroxylation is 1. The lowest BCUT2D eigenvalue weighted by Gasteiger charge is -2.08. The average molecular weight is 465 g/mol. The lowest BCUT2D eigenvalue weighted by molar-refractivity contribution is -0.154. The second kappa shape index (κ2) is 10.2. The minimum absolute atomic E-state index is 0.0530. The normalized spacial score (nSPS) is 11.1. The number of pyridine rings is 1. The fourth-order valence-electron chi connectivity index (χ4n) is 2.44. The number of nitrogens with zero attached hydrogens (tertiary/aromatic N) is 2. The zero-order chi connectivity index (χ0) is 23.1. The first-order valence-electron chi connectivity index (χ1n) is 9.30. The SMILES string of the molecule is Cc1ccc(NC(=O)Cc2nc(COC(=O)c3ccc(OCC(F)(F)F)nc3)cs2)cc1. The predicted molar refractivity (Wildman–Crippen MR) is 111 cm³/mol. The highest BCUT2D eigenvalue weighted by molar-refractivity contribution is 7.09. The summed E-state index contributed by atoms with van der Waals surface area (Å²) in [5.41, 5.74) is 2.30. The Hall–Kier alpha value is -3.47. The van der Waals surface area contributed by atoms with Crippen molar-refractivity contribution in [3.05, 3.63) is 69.8 Å². The number of halogens is 3. The molecule has 2 heterocycles. The summed E-state index contributed by atoms with van der Waals surface area (Å²) < 4.78 is 46.0. The second-order valence-electron chi connectivity index (χ2n) is 6.69. The van der Waals surface area contributed by atoms with Gasteiger partial charge in [-0.25, -0.2) is 14.8 Å². The third kappa shape index (κ3) is 7.34. The molecule has 1 N–H and O–H groups in total. The van der Waals surface area contributed by atoms with Crippen LogP contribution < -0.4 is 10.1 Å². The molecule has 32 heavy (non-hydrogen) atoms. The summed E-state index contributed by atoms with van der Waals surface area (Å²) in [7, 11) is 0. The maximum Gasteiger partial charge on any atom is 0.422 e. The third-order valence-electron chi connectivity index (χ3n) is 3.95. The summed E-state index contributed by atoms with van der Waals surface area (Å²) in [6.45, 7) is 0.356. The Labute approximate surface area is 185 Å². The van der Waals surface area contributed by atoms with Crippen LogP contribution in [0.3, 0.4) is 0 Å². The zero-order valence-electron chi connectivity index (χ0n) is 16.8. The van der Waals surface area contributed by atoms with E-state index in [0.29, 0.717) is 16.4 Å². The number of ether oxygens (including phenoxy) is 2. The van der Waals surface area contributed by atoms with Crippen molar-refractivity contribution in [3.63, 3.8) is 0 Å². The van der Waals surface area contributed by atoms with E-state index in [-0.39, 0.29) is 30.4 Å². The number of amides is 1. The molecule has 0 fully saturated rings. The van der Waals surface area contributed by atoms with E-state index in [2.05, 4.69) is 20.0 Å². The molecule has 2 aromatic heterocycles. The van der Waals surface area contributed by atoms with E-state index in [9.17, 15) is 22.8 Å². The topological polar surface area (TPSA) is 90.4 Å². The molecule has 3 rings (SSSR count). The van der Waals surface area contributed by atoms with E-state index >= 15 is 0 Å². The Morgan fingerprint density at radius 2 is 1.88 bits per heavy atom. The van der Waals surface area contributed by atoms with E-state index in [4.69, 9.17) is 4.74 Å². The van der Waals surface area contributed by atoms with Crippen molar-refractivity contribution in [1.29, 1.82) is 0 Å². The number of alkyl halides is 3. The van der Waals surface area contributed by atoms with Crippen LogP contribution in [0.1, 0.15) is 26.6 Å². The molecule has 0 unspecified atom stereocenters. The van der Waals surface area contributed by atoms with Crippen molar-refractivity contribution in [1.82, 2.24) is 9.97 Å². The van der Waals surface area contributed by atoms with Crippen LogP contribution in [0.15, 0.2) is 48.0 Å². The molecule has 3 aromatic rings. The van der Waals surface area contributed by atoms with Gasteiger partial charge in [-0.15, -0.1) is 11.3 Å². The van der Waals surface area contributed by atoms with Gasteiger partial charge in [0.15, 0.2) is 6.61 Å². The van der Waals surface area contributed by atoms with E-state index in [0.717, 1.165) is 17.8 Å². The Kier molecular flexibility index (Phi) is 7.41. The van der Waals surface area contributed by atoms with Gasteiger partial charge in [0.1, 0.15) is 11.6 Å². The summed E-state index contributed by atoms with van der Waals surface area (Å²) in [5, 5.41) is 5.02. The van der Waals surface area contributed by atoms with Crippen molar-refractivity contribution in [2.24, 2.45) is 0 Å². The molecule has 11 heteroatoms. The number of carbonyl (C=O) groups excluding carboxylic acids is 2. The molecule has 0 saturated carbocycles. The number of hydrogen-bond acceptors (Lipinski definition) is 7. The smallest absolute Gasteiger partial charge is 0.422 e. The number of rotatable bonds is 8. The van der Waals surface area contributed by atoms with Gasteiger partial charge in [0.25, 0.3) is 0 Å². The highest BCUT2D eigenvalue weighted by atomic mass is 32.1. The lowest BCUT2D eigenvalue weighted by Crippen LogP contribution is -2.19. The number of carbonyl (C=O) groups is 2. The largest absolute Gasteiger partial charge is 0.468 e. The molecule has 0 aliphatic rings. The van der Waals surface area contributed by atoms with Gasteiger partial charge in [0.2, 0.25) is 11.8 Å². The van der Waals surface area contributed by atoms with Crippen LogP contribution in [0.5, 0.6) is 5.88 Å². The average Bonchev–Trinajstić information content (AvgIpc) is 3.19. The number of hydrogen-bond donors (Lipinski definition) is 1. The van der Waals surface area contributed by atoms with Gasteiger partial charge in [-0.2, -0.15) is 13.2 Å². The molecule has 168 valence electrons. The number of benzene rings is 1. The van der Waals surface area contributed by atoms with Gasteiger partial charge in [-0.1, -0.05) is 17.7 Å². The Morgan fingerprint density at radius 1 is 1.12 bits per heavy atom. The number of anilines is 1. The van der Waals surface area contributed by atoms with Crippen molar-refractivity contribution in [3.8, 4) is 5.88 Å². The van der Waals surface area contributed by atoms with Gasteiger partial charge in [0, 0.05) is 23.3 Å². The molecular weight excluding hydrogens is 447 g/mol.